The van der Waals surface area contributed by atoms with Crippen molar-refractivity contribution in [1.29, 1.82) is 0 Å². The third-order valence-electron chi connectivity index (χ3n) is 4.27. The summed E-state index contributed by atoms with van der Waals surface area (Å²) in [6.45, 7) is -0.199. The summed E-state index contributed by atoms with van der Waals surface area (Å²) in [6, 6.07) is 15.3. The minimum absolute atomic E-state index is 0.0279. The van der Waals surface area contributed by atoms with Crippen LogP contribution in [0.2, 0.25) is 5.02 Å². The van der Waals surface area contributed by atoms with Gasteiger partial charge in [-0.25, -0.2) is 14.7 Å². The minimum Gasteiger partial charge on any atom is -0.439 e. The lowest BCUT2D eigenvalue weighted by Crippen LogP contribution is -2.32. The highest BCUT2D eigenvalue weighted by Gasteiger charge is 2.44. The van der Waals surface area contributed by atoms with Gasteiger partial charge < -0.3 is 4.42 Å². The molecule has 1 aliphatic heterocycles. The number of aromatic nitrogens is 1. The number of amides is 4. The molecule has 0 unspecified atom stereocenters. The Morgan fingerprint density at radius 2 is 1.61 bits per heavy atom. The fourth-order valence-corrected chi connectivity index (χ4v) is 3.08. The molecule has 3 aromatic rings. The van der Waals surface area contributed by atoms with E-state index < -0.39 is 17.8 Å². The van der Waals surface area contributed by atoms with Crippen molar-refractivity contribution in [3.05, 3.63) is 77.3 Å². The second-order valence-electron chi connectivity index (χ2n) is 6.18. The normalized spacial score (nSPS) is 14.2. The molecule has 0 atom stereocenters. The van der Waals surface area contributed by atoms with Crippen LogP contribution in [0.1, 0.15) is 11.5 Å². The number of imide groups is 2. The number of benzene rings is 2. The highest BCUT2D eigenvalue weighted by atomic mass is 35.5. The van der Waals surface area contributed by atoms with Crippen LogP contribution in [0.3, 0.4) is 0 Å². The minimum atomic E-state index is -0.900. The topological polar surface area (TPSA) is 83.7 Å². The maximum Gasteiger partial charge on any atom is 0.335 e. The van der Waals surface area contributed by atoms with E-state index in [2.05, 4.69) is 4.98 Å². The van der Waals surface area contributed by atoms with E-state index in [1.54, 1.807) is 48.5 Å². The van der Waals surface area contributed by atoms with E-state index in [1.165, 1.54) is 6.20 Å². The first kappa shape index (κ1) is 17.9. The first-order valence-corrected chi connectivity index (χ1v) is 8.82. The molecule has 2 aromatic carbocycles. The number of urea groups is 1. The summed E-state index contributed by atoms with van der Waals surface area (Å²) in [4.78, 5) is 42.9. The van der Waals surface area contributed by atoms with Gasteiger partial charge in [-0.3, -0.25) is 14.5 Å². The molecular formula is C20H14ClN3O4. The zero-order chi connectivity index (χ0) is 19.7. The lowest BCUT2D eigenvalue weighted by Gasteiger charge is -2.14. The molecule has 4 rings (SSSR count). The van der Waals surface area contributed by atoms with E-state index >= 15 is 0 Å². The molecule has 0 saturated carbocycles. The summed E-state index contributed by atoms with van der Waals surface area (Å²) in [5.41, 5.74) is 1.46. The van der Waals surface area contributed by atoms with Gasteiger partial charge in [0.25, 0.3) is 0 Å². The van der Waals surface area contributed by atoms with Gasteiger partial charge in [0.15, 0.2) is 5.76 Å². The summed E-state index contributed by atoms with van der Waals surface area (Å²) >= 11 is 5.97. The van der Waals surface area contributed by atoms with Gasteiger partial charge in [0.2, 0.25) is 5.89 Å². The predicted octanol–water partition coefficient (Wildman–Crippen LogP) is 3.49. The van der Waals surface area contributed by atoms with Crippen LogP contribution in [0.5, 0.6) is 0 Å². The van der Waals surface area contributed by atoms with Gasteiger partial charge in [0, 0.05) is 10.6 Å². The van der Waals surface area contributed by atoms with Crippen molar-refractivity contribution < 1.29 is 18.8 Å². The van der Waals surface area contributed by atoms with E-state index in [4.69, 9.17) is 16.0 Å². The van der Waals surface area contributed by atoms with E-state index in [1.807, 2.05) is 6.07 Å². The molecule has 1 aromatic heterocycles. The standard InChI is InChI=1S/C20H14ClN3O4/c21-15-8-4-7-14(9-15)16-10-22-17(28-16)12-24-19(26)18(25)23(20(24)27)11-13-5-2-1-3-6-13/h1-10H,11-12H2. The van der Waals surface area contributed by atoms with Crippen molar-refractivity contribution in [3.63, 3.8) is 0 Å². The molecule has 2 heterocycles. The Kier molecular flexibility index (Phi) is 4.67. The van der Waals surface area contributed by atoms with Crippen molar-refractivity contribution in [1.82, 2.24) is 14.8 Å². The molecule has 140 valence electrons. The summed E-state index contributed by atoms with van der Waals surface area (Å²) < 4.78 is 5.63. The quantitative estimate of drug-likeness (QED) is 0.487. The number of carbonyl (C=O) groups excluding carboxylic acids is 3. The monoisotopic (exact) mass is 395 g/mol. The number of oxazole rings is 1. The smallest absolute Gasteiger partial charge is 0.335 e. The summed E-state index contributed by atoms with van der Waals surface area (Å²) in [5.74, 6) is -1.17. The Balaban J connectivity index is 1.51. The third kappa shape index (κ3) is 3.39. The van der Waals surface area contributed by atoms with Crippen LogP contribution >= 0.6 is 11.6 Å². The van der Waals surface area contributed by atoms with Crippen molar-refractivity contribution >= 4 is 29.4 Å². The van der Waals surface area contributed by atoms with Gasteiger partial charge in [0.05, 0.1) is 12.7 Å². The van der Waals surface area contributed by atoms with Crippen molar-refractivity contribution in [2.45, 2.75) is 13.1 Å². The van der Waals surface area contributed by atoms with Gasteiger partial charge in [-0.2, -0.15) is 0 Å². The maximum absolute atomic E-state index is 12.6. The maximum atomic E-state index is 12.6. The lowest BCUT2D eigenvalue weighted by molar-refractivity contribution is -0.143. The van der Waals surface area contributed by atoms with Gasteiger partial charge in [-0.15, -0.1) is 0 Å². The van der Waals surface area contributed by atoms with E-state index in [0.29, 0.717) is 16.3 Å². The summed E-state index contributed by atoms with van der Waals surface area (Å²) in [6.07, 6.45) is 1.48. The van der Waals surface area contributed by atoms with Crippen LogP contribution in [0.25, 0.3) is 11.3 Å². The average molecular weight is 396 g/mol. The number of rotatable bonds is 5. The molecule has 1 saturated heterocycles. The number of hydrogen-bond donors (Lipinski definition) is 0. The van der Waals surface area contributed by atoms with Crippen molar-refractivity contribution in [2.24, 2.45) is 0 Å². The van der Waals surface area contributed by atoms with Crippen LogP contribution in [-0.2, 0) is 22.7 Å². The molecule has 0 aliphatic carbocycles. The van der Waals surface area contributed by atoms with Gasteiger partial charge in [-0.05, 0) is 17.7 Å². The fraction of sp³-hybridized carbons (Fsp3) is 0.100. The Hall–Kier alpha value is -3.45. The molecule has 0 radical (unpaired) electrons. The largest absolute Gasteiger partial charge is 0.439 e. The second kappa shape index (κ2) is 7.28. The first-order valence-electron chi connectivity index (χ1n) is 8.45. The first-order chi connectivity index (χ1) is 13.5. The van der Waals surface area contributed by atoms with Crippen LogP contribution < -0.4 is 0 Å². The number of carbonyl (C=O) groups is 3. The Morgan fingerprint density at radius 1 is 0.893 bits per heavy atom. The Morgan fingerprint density at radius 3 is 2.32 bits per heavy atom. The zero-order valence-corrected chi connectivity index (χ0v) is 15.3. The predicted molar refractivity (Wildman–Crippen MR) is 99.9 cm³/mol. The van der Waals surface area contributed by atoms with Crippen LogP contribution in [0, 0.1) is 0 Å². The van der Waals surface area contributed by atoms with Gasteiger partial charge >= 0.3 is 17.8 Å². The Labute approximate surface area is 165 Å². The molecular weight excluding hydrogens is 382 g/mol. The molecule has 0 bridgehead atoms. The highest BCUT2D eigenvalue weighted by Crippen LogP contribution is 2.25. The lowest BCUT2D eigenvalue weighted by atomic mass is 10.2. The van der Waals surface area contributed by atoms with Gasteiger partial charge in [-0.1, -0.05) is 54.1 Å². The molecule has 8 heteroatoms. The van der Waals surface area contributed by atoms with Crippen LogP contribution in [-0.4, -0.2) is 32.6 Å². The molecule has 0 N–H and O–H groups in total. The second-order valence-corrected chi connectivity index (χ2v) is 6.62. The fourth-order valence-electron chi connectivity index (χ4n) is 2.89. The van der Waals surface area contributed by atoms with Crippen molar-refractivity contribution in [3.8, 4) is 11.3 Å². The third-order valence-corrected chi connectivity index (χ3v) is 4.51. The van der Waals surface area contributed by atoms with Gasteiger partial charge in [0.1, 0.15) is 6.54 Å². The molecule has 28 heavy (non-hydrogen) atoms. The molecule has 0 spiro atoms. The Bertz CT molecular complexity index is 1060. The van der Waals surface area contributed by atoms with E-state index in [0.717, 1.165) is 15.4 Å². The summed E-state index contributed by atoms with van der Waals surface area (Å²) in [7, 11) is 0. The van der Waals surface area contributed by atoms with Crippen LogP contribution in [0.15, 0.2) is 65.2 Å². The highest BCUT2D eigenvalue weighted by molar-refractivity contribution is 6.44. The molecule has 4 amide bonds. The number of hydrogen-bond acceptors (Lipinski definition) is 5. The summed E-state index contributed by atoms with van der Waals surface area (Å²) in [5, 5.41) is 0.544. The number of nitrogens with zero attached hydrogens (tertiary/aromatic N) is 3. The van der Waals surface area contributed by atoms with Crippen molar-refractivity contribution in [2.75, 3.05) is 0 Å². The zero-order valence-electron chi connectivity index (χ0n) is 14.5. The van der Waals surface area contributed by atoms with E-state index in [9.17, 15) is 14.4 Å². The SMILES string of the molecule is O=C1C(=O)N(Cc2ncc(-c3cccc(Cl)c3)o2)C(=O)N1Cc1ccccc1. The van der Waals surface area contributed by atoms with E-state index in [-0.39, 0.29) is 19.0 Å². The van der Waals surface area contributed by atoms with Crippen LogP contribution in [0.4, 0.5) is 4.79 Å². The molecule has 1 fully saturated rings. The average Bonchev–Trinajstić information content (AvgIpc) is 3.24. The number of halogens is 1. The molecule has 1 aliphatic rings. The molecule has 7 nitrogen and oxygen atoms in total.